The highest BCUT2D eigenvalue weighted by Gasteiger charge is 2.32. The summed E-state index contributed by atoms with van der Waals surface area (Å²) in [4.78, 5) is 12.0. The Balaban J connectivity index is 1.75. The van der Waals surface area contributed by atoms with Crippen molar-refractivity contribution >= 4 is 5.91 Å². The molecule has 1 aliphatic heterocycles. The highest BCUT2D eigenvalue weighted by Crippen LogP contribution is 2.23. The van der Waals surface area contributed by atoms with E-state index in [1.54, 1.807) is 0 Å². The minimum Gasteiger partial charge on any atom is -0.387 e. The summed E-state index contributed by atoms with van der Waals surface area (Å²) in [5, 5.41) is 16.2. The van der Waals surface area contributed by atoms with Gasteiger partial charge in [-0.15, -0.1) is 0 Å². The third kappa shape index (κ3) is 3.68. The van der Waals surface area contributed by atoms with Crippen molar-refractivity contribution in [3.8, 4) is 0 Å². The van der Waals surface area contributed by atoms with E-state index in [9.17, 15) is 9.90 Å². The molecule has 4 nitrogen and oxygen atoms in total. The number of hydrogen-bond acceptors (Lipinski definition) is 3. The van der Waals surface area contributed by atoms with E-state index in [0.717, 1.165) is 25.8 Å². The van der Waals surface area contributed by atoms with Gasteiger partial charge in [0, 0.05) is 19.0 Å². The Hall–Kier alpha value is -0.610. The van der Waals surface area contributed by atoms with Crippen molar-refractivity contribution in [2.24, 2.45) is 5.92 Å². The quantitative estimate of drug-likeness (QED) is 0.639. The summed E-state index contributed by atoms with van der Waals surface area (Å²) in [6.45, 7) is 1.84. The summed E-state index contributed by atoms with van der Waals surface area (Å²) < 4.78 is 0. The van der Waals surface area contributed by atoms with Gasteiger partial charge in [0.2, 0.25) is 5.91 Å². The van der Waals surface area contributed by atoms with Crippen LogP contribution >= 0.6 is 0 Å². The summed E-state index contributed by atoms with van der Waals surface area (Å²) in [5.74, 6) is 0.322. The summed E-state index contributed by atoms with van der Waals surface area (Å²) in [7, 11) is 0. The Labute approximate surface area is 103 Å². The maximum atomic E-state index is 12.0. The predicted octanol–water partition coefficient (Wildman–Crippen LogP) is 0.797. The first-order chi connectivity index (χ1) is 8.20. The van der Waals surface area contributed by atoms with E-state index in [1.165, 1.54) is 25.7 Å². The average molecular weight is 240 g/mol. The maximum Gasteiger partial charge on any atom is 0.223 e. The highest BCUT2D eigenvalue weighted by molar-refractivity contribution is 5.78. The molecule has 2 fully saturated rings. The van der Waals surface area contributed by atoms with E-state index in [1.807, 2.05) is 0 Å². The van der Waals surface area contributed by atoms with E-state index >= 15 is 0 Å². The molecule has 0 radical (unpaired) electrons. The van der Waals surface area contributed by atoms with Gasteiger partial charge in [0.15, 0.2) is 0 Å². The van der Waals surface area contributed by atoms with Gasteiger partial charge in [0.1, 0.15) is 0 Å². The van der Waals surface area contributed by atoms with E-state index in [-0.39, 0.29) is 11.8 Å². The summed E-state index contributed by atoms with van der Waals surface area (Å²) >= 11 is 0. The van der Waals surface area contributed by atoms with Gasteiger partial charge in [-0.05, 0) is 25.8 Å². The molecule has 1 atom stereocenters. The maximum absolute atomic E-state index is 12.0. The minimum absolute atomic E-state index is 0.146. The highest BCUT2D eigenvalue weighted by atomic mass is 16.3. The number of carbonyl (C=O) groups is 1. The molecule has 17 heavy (non-hydrogen) atoms. The molecule has 3 N–H and O–H groups in total. The van der Waals surface area contributed by atoms with Gasteiger partial charge in [-0.3, -0.25) is 4.79 Å². The SMILES string of the molecule is O=C(NCC1(O)CCNC1)C1CCCCCC1. The first-order valence-corrected chi connectivity index (χ1v) is 6.90. The number of rotatable bonds is 3. The summed E-state index contributed by atoms with van der Waals surface area (Å²) in [6.07, 6.45) is 7.63. The van der Waals surface area contributed by atoms with Crippen molar-refractivity contribution in [3.05, 3.63) is 0 Å². The van der Waals surface area contributed by atoms with Crippen LogP contribution in [0, 0.1) is 5.92 Å². The van der Waals surface area contributed by atoms with Gasteiger partial charge in [0.25, 0.3) is 0 Å². The van der Waals surface area contributed by atoms with Crippen molar-refractivity contribution < 1.29 is 9.90 Å². The zero-order valence-corrected chi connectivity index (χ0v) is 10.5. The van der Waals surface area contributed by atoms with Crippen LogP contribution in [0.25, 0.3) is 0 Å². The molecular formula is C13H24N2O2. The van der Waals surface area contributed by atoms with Gasteiger partial charge in [-0.2, -0.15) is 0 Å². The lowest BCUT2D eigenvalue weighted by Gasteiger charge is -2.23. The third-order valence-corrected chi connectivity index (χ3v) is 4.04. The van der Waals surface area contributed by atoms with Crippen LogP contribution in [0.3, 0.4) is 0 Å². The van der Waals surface area contributed by atoms with Crippen molar-refractivity contribution in [3.63, 3.8) is 0 Å². The Morgan fingerprint density at radius 2 is 2.00 bits per heavy atom. The van der Waals surface area contributed by atoms with E-state index in [2.05, 4.69) is 10.6 Å². The second-order valence-electron chi connectivity index (χ2n) is 5.56. The molecule has 1 unspecified atom stereocenters. The normalized spacial score (nSPS) is 31.1. The first-order valence-electron chi connectivity index (χ1n) is 6.90. The monoisotopic (exact) mass is 240 g/mol. The fraction of sp³-hybridized carbons (Fsp3) is 0.923. The molecule has 0 spiro atoms. The molecule has 2 aliphatic rings. The van der Waals surface area contributed by atoms with Crippen LogP contribution in [-0.2, 0) is 4.79 Å². The van der Waals surface area contributed by atoms with Crippen molar-refractivity contribution in [1.82, 2.24) is 10.6 Å². The largest absolute Gasteiger partial charge is 0.387 e. The van der Waals surface area contributed by atoms with E-state index < -0.39 is 5.60 Å². The molecule has 1 saturated carbocycles. The van der Waals surface area contributed by atoms with Gasteiger partial charge in [0.05, 0.1) is 5.60 Å². The Kier molecular flexibility index (Phi) is 4.40. The van der Waals surface area contributed by atoms with Gasteiger partial charge >= 0.3 is 0 Å². The molecule has 2 rings (SSSR count). The fourth-order valence-electron chi connectivity index (χ4n) is 2.82. The Bertz CT molecular complexity index is 254. The van der Waals surface area contributed by atoms with Crippen LogP contribution < -0.4 is 10.6 Å². The molecule has 0 aromatic rings. The molecule has 0 bridgehead atoms. The number of aliphatic hydroxyl groups is 1. The lowest BCUT2D eigenvalue weighted by molar-refractivity contribution is -0.126. The topological polar surface area (TPSA) is 61.4 Å². The molecule has 1 heterocycles. The van der Waals surface area contributed by atoms with Crippen molar-refractivity contribution in [2.45, 2.75) is 50.5 Å². The average Bonchev–Trinajstić information content (AvgIpc) is 2.60. The molecular weight excluding hydrogens is 216 g/mol. The van der Waals surface area contributed by atoms with Gasteiger partial charge in [-0.1, -0.05) is 25.7 Å². The third-order valence-electron chi connectivity index (χ3n) is 4.04. The van der Waals surface area contributed by atoms with Crippen molar-refractivity contribution in [1.29, 1.82) is 0 Å². The Morgan fingerprint density at radius 1 is 1.29 bits per heavy atom. The standard InChI is InChI=1S/C13H24N2O2/c16-12(11-5-3-1-2-4-6-11)15-10-13(17)7-8-14-9-13/h11,14,17H,1-10H2,(H,15,16). The second-order valence-corrected chi connectivity index (χ2v) is 5.56. The molecule has 1 aliphatic carbocycles. The first kappa shape index (κ1) is 12.8. The number of carbonyl (C=O) groups excluding carboxylic acids is 1. The van der Waals surface area contributed by atoms with Crippen LogP contribution in [0.2, 0.25) is 0 Å². The summed E-state index contributed by atoms with van der Waals surface area (Å²) in [5.41, 5.74) is -0.722. The molecule has 1 saturated heterocycles. The van der Waals surface area contributed by atoms with Crippen molar-refractivity contribution in [2.75, 3.05) is 19.6 Å². The predicted molar refractivity (Wildman–Crippen MR) is 66.6 cm³/mol. The summed E-state index contributed by atoms with van der Waals surface area (Å²) in [6, 6.07) is 0. The lowest BCUT2D eigenvalue weighted by Crippen LogP contribution is -2.46. The van der Waals surface area contributed by atoms with Crippen LogP contribution in [-0.4, -0.2) is 36.2 Å². The van der Waals surface area contributed by atoms with E-state index in [0.29, 0.717) is 13.1 Å². The fourth-order valence-corrected chi connectivity index (χ4v) is 2.82. The van der Waals surface area contributed by atoms with Gasteiger partial charge < -0.3 is 15.7 Å². The number of amides is 1. The molecule has 0 aromatic carbocycles. The Morgan fingerprint density at radius 3 is 2.59 bits per heavy atom. The molecule has 4 heteroatoms. The zero-order valence-electron chi connectivity index (χ0n) is 10.5. The zero-order chi connectivity index (χ0) is 12.1. The molecule has 98 valence electrons. The minimum atomic E-state index is -0.722. The number of hydrogen-bond donors (Lipinski definition) is 3. The van der Waals surface area contributed by atoms with Crippen LogP contribution in [0.4, 0.5) is 0 Å². The van der Waals surface area contributed by atoms with Crippen LogP contribution in [0.5, 0.6) is 0 Å². The lowest BCUT2D eigenvalue weighted by atomic mass is 9.98. The van der Waals surface area contributed by atoms with E-state index in [4.69, 9.17) is 0 Å². The number of β-amino-alcohol motifs (C(OH)–C–C–N with tert-alkyl or cyclic N) is 1. The molecule has 1 amide bonds. The smallest absolute Gasteiger partial charge is 0.223 e. The van der Waals surface area contributed by atoms with Gasteiger partial charge in [-0.25, -0.2) is 0 Å². The van der Waals surface area contributed by atoms with Crippen LogP contribution in [0.15, 0.2) is 0 Å². The number of nitrogens with one attached hydrogen (secondary N) is 2. The molecule has 0 aromatic heterocycles. The van der Waals surface area contributed by atoms with Crippen LogP contribution in [0.1, 0.15) is 44.9 Å². The second kappa shape index (κ2) is 5.83.